The van der Waals surface area contributed by atoms with Crippen molar-refractivity contribution in [3.8, 4) is 0 Å². The number of nitrogens with zero attached hydrogens (tertiary/aromatic N) is 1. The minimum Gasteiger partial charge on any atom is -0.349 e. The summed E-state index contributed by atoms with van der Waals surface area (Å²) in [5.41, 5.74) is 0.916. The van der Waals surface area contributed by atoms with Crippen LogP contribution in [0.2, 0.25) is 0 Å². The number of alkyl halides is 3. The third-order valence-corrected chi connectivity index (χ3v) is 7.28. The SMILES string of the molecule is CC1CCC(NC(=O)c2ccc3c(c2)N(C)C(=O)C(=Cc2ccc(C(F)(F)F)cc2)S3)CC1. The van der Waals surface area contributed by atoms with Crippen LogP contribution < -0.4 is 10.2 Å². The van der Waals surface area contributed by atoms with Gasteiger partial charge in [-0.25, -0.2) is 0 Å². The van der Waals surface area contributed by atoms with E-state index in [-0.39, 0.29) is 17.9 Å². The van der Waals surface area contributed by atoms with E-state index < -0.39 is 11.7 Å². The second-order valence-corrected chi connectivity index (χ2v) is 9.79. The average molecular weight is 475 g/mol. The molecule has 174 valence electrons. The van der Waals surface area contributed by atoms with Crippen LogP contribution in [0.4, 0.5) is 18.9 Å². The number of nitrogens with one attached hydrogen (secondary N) is 1. The Bertz CT molecular complexity index is 1090. The minimum absolute atomic E-state index is 0.144. The highest BCUT2D eigenvalue weighted by atomic mass is 32.2. The number of rotatable bonds is 3. The molecule has 0 spiro atoms. The third kappa shape index (κ3) is 5.27. The van der Waals surface area contributed by atoms with Crippen LogP contribution in [0.3, 0.4) is 0 Å². The number of hydrogen-bond acceptors (Lipinski definition) is 3. The van der Waals surface area contributed by atoms with Crippen molar-refractivity contribution in [1.29, 1.82) is 0 Å². The van der Waals surface area contributed by atoms with Gasteiger partial charge in [0.25, 0.3) is 11.8 Å². The molecule has 0 atom stereocenters. The molecule has 1 N–H and O–H groups in total. The fourth-order valence-electron chi connectivity index (χ4n) is 4.13. The molecule has 2 aromatic rings. The summed E-state index contributed by atoms with van der Waals surface area (Å²) in [5, 5.41) is 3.10. The summed E-state index contributed by atoms with van der Waals surface area (Å²) in [6, 6.07) is 10.1. The van der Waals surface area contributed by atoms with Gasteiger partial charge >= 0.3 is 6.18 Å². The summed E-state index contributed by atoms with van der Waals surface area (Å²) in [7, 11) is 1.63. The highest BCUT2D eigenvalue weighted by molar-refractivity contribution is 8.04. The highest BCUT2D eigenvalue weighted by Crippen LogP contribution is 2.42. The molecule has 0 unspecified atom stereocenters. The maximum Gasteiger partial charge on any atom is 0.416 e. The Morgan fingerprint density at radius 3 is 2.39 bits per heavy atom. The lowest BCUT2D eigenvalue weighted by atomic mass is 9.87. The van der Waals surface area contributed by atoms with Crippen LogP contribution >= 0.6 is 11.8 Å². The van der Waals surface area contributed by atoms with Crippen molar-refractivity contribution in [3.05, 3.63) is 64.1 Å². The molecular weight excluding hydrogens is 449 g/mol. The number of fused-ring (bicyclic) bond motifs is 1. The first-order valence-electron chi connectivity index (χ1n) is 10.9. The van der Waals surface area contributed by atoms with Gasteiger partial charge in [-0.1, -0.05) is 30.8 Å². The van der Waals surface area contributed by atoms with E-state index in [1.54, 1.807) is 31.3 Å². The van der Waals surface area contributed by atoms with E-state index in [1.807, 2.05) is 0 Å². The van der Waals surface area contributed by atoms with Crippen LogP contribution in [-0.2, 0) is 11.0 Å². The van der Waals surface area contributed by atoms with Gasteiger partial charge < -0.3 is 10.2 Å². The number of amides is 2. The molecule has 0 saturated heterocycles. The van der Waals surface area contributed by atoms with Crippen LogP contribution in [0, 0.1) is 5.92 Å². The number of halogens is 3. The molecule has 4 rings (SSSR count). The lowest BCUT2D eigenvalue weighted by Gasteiger charge is -2.28. The molecule has 8 heteroatoms. The van der Waals surface area contributed by atoms with Gasteiger partial charge in [0.15, 0.2) is 0 Å². The maximum absolute atomic E-state index is 12.9. The molecule has 2 aliphatic rings. The number of carbonyl (C=O) groups excluding carboxylic acids is 2. The van der Waals surface area contributed by atoms with Gasteiger partial charge in [-0.05, 0) is 73.6 Å². The predicted octanol–water partition coefficient (Wildman–Crippen LogP) is 6.12. The zero-order chi connectivity index (χ0) is 23.8. The number of thioether (sulfide) groups is 1. The van der Waals surface area contributed by atoms with Crippen molar-refractivity contribution < 1.29 is 22.8 Å². The minimum atomic E-state index is -4.40. The Morgan fingerprint density at radius 2 is 1.76 bits per heavy atom. The lowest BCUT2D eigenvalue weighted by molar-refractivity contribution is -0.137. The van der Waals surface area contributed by atoms with Crippen molar-refractivity contribution in [3.63, 3.8) is 0 Å². The first-order valence-corrected chi connectivity index (χ1v) is 11.7. The smallest absolute Gasteiger partial charge is 0.349 e. The standard InChI is InChI=1S/C25H25F3N2O2S/c1-15-3-10-19(11-4-15)29-23(31)17-7-12-21-20(14-17)30(2)24(32)22(33-21)13-16-5-8-18(9-6-16)25(26,27)28/h5-9,12-15,19H,3-4,10-11H2,1-2H3,(H,29,31). The molecule has 0 bridgehead atoms. The molecule has 1 aliphatic carbocycles. The van der Waals surface area contributed by atoms with Crippen molar-refractivity contribution in [2.75, 3.05) is 11.9 Å². The fourth-order valence-corrected chi connectivity index (χ4v) is 5.22. The Kier molecular flexibility index (Phi) is 6.56. The largest absolute Gasteiger partial charge is 0.416 e. The zero-order valence-corrected chi connectivity index (χ0v) is 19.2. The fraction of sp³-hybridized carbons (Fsp3) is 0.360. The van der Waals surface area contributed by atoms with Gasteiger partial charge in [0, 0.05) is 23.5 Å². The Hall–Kier alpha value is -2.74. The molecular formula is C25H25F3N2O2S. The van der Waals surface area contributed by atoms with Crippen molar-refractivity contribution in [2.24, 2.45) is 5.92 Å². The molecule has 0 aromatic heterocycles. The van der Waals surface area contributed by atoms with E-state index in [0.717, 1.165) is 42.7 Å². The van der Waals surface area contributed by atoms with Crippen LogP contribution in [-0.4, -0.2) is 24.9 Å². The highest BCUT2D eigenvalue weighted by Gasteiger charge is 2.31. The summed E-state index contributed by atoms with van der Waals surface area (Å²) in [6.07, 6.45) is 1.35. The molecule has 33 heavy (non-hydrogen) atoms. The molecule has 2 aromatic carbocycles. The second kappa shape index (κ2) is 9.25. The number of hydrogen-bond donors (Lipinski definition) is 1. The van der Waals surface area contributed by atoms with E-state index in [1.165, 1.54) is 28.8 Å². The second-order valence-electron chi connectivity index (χ2n) is 8.71. The normalized spacial score (nSPS) is 22.3. The van der Waals surface area contributed by atoms with Gasteiger partial charge in [-0.3, -0.25) is 9.59 Å². The molecule has 0 radical (unpaired) electrons. The van der Waals surface area contributed by atoms with E-state index in [9.17, 15) is 22.8 Å². The van der Waals surface area contributed by atoms with Crippen LogP contribution in [0.1, 0.15) is 54.1 Å². The monoisotopic (exact) mass is 474 g/mol. The Morgan fingerprint density at radius 1 is 1.09 bits per heavy atom. The summed E-state index contributed by atoms with van der Waals surface area (Å²) in [5.74, 6) is 0.281. The van der Waals surface area contributed by atoms with Crippen molar-refractivity contribution >= 4 is 35.3 Å². The van der Waals surface area contributed by atoms with Gasteiger partial charge in [0.1, 0.15) is 0 Å². The van der Waals surface area contributed by atoms with Gasteiger partial charge in [-0.15, -0.1) is 0 Å². The number of carbonyl (C=O) groups is 2. The zero-order valence-electron chi connectivity index (χ0n) is 18.4. The molecule has 1 saturated carbocycles. The molecule has 1 aliphatic heterocycles. The van der Waals surface area contributed by atoms with Crippen LogP contribution in [0.25, 0.3) is 6.08 Å². The summed E-state index contributed by atoms with van der Waals surface area (Å²) < 4.78 is 38.4. The lowest BCUT2D eigenvalue weighted by Crippen LogP contribution is -2.37. The first kappa shape index (κ1) is 23.4. The third-order valence-electron chi connectivity index (χ3n) is 6.20. The van der Waals surface area contributed by atoms with Crippen LogP contribution in [0.15, 0.2) is 52.3 Å². The van der Waals surface area contributed by atoms with E-state index in [2.05, 4.69) is 12.2 Å². The summed E-state index contributed by atoms with van der Waals surface area (Å²) in [6.45, 7) is 2.23. The van der Waals surface area contributed by atoms with Gasteiger partial charge in [-0.2, -0.15) is 13.2 Å². The molecule has 1 fully saturated rings. The quantitative estimate of drug-likeness (QED) is 0.545. The Labute approximate surface area is 195 Å². The van der Waals surface area contributed by atoms with Crippen molar-refractivity contribution in [2.45, 2.75) is 49.7 Å². The number of anilines is 1. The number of likely N-dealkylation sites (N-methyl/N-ethyl adjacent to an activating group) is 1. The summed E-state index contributed by atoms with van der Waals surface area (Å²) >= 11 is 1.25. The Balaban J connectivity index is 1.51. The maximum atomic E-state index is 12.9. The van der Waals surface area contributed by atoms with E-state index >= 15 is 0 Å². The summed E-state index contributed by atoms with van der Waals surface area (Å²) in [4.78, 5) is 28.3. The van der Waals surface area contributed by atoms with Crippen molar-refractivity contribution in [1.82, 2.24) is 5.32 Å². The molecule has 1 heterocycles. The van der Waals surface area contributed by atoms with Gasteiger partial charge in [0.2, 0.25) is 0 Å². The van der Waals surface area contributed by atoms with Gasteiger partial charge in [0.05, 0.1) is 16.2 Å². The topological polar surface area (TPSA) is 49.4 Å². The molecule has 2 amide bonds. The van der Waals surface area contributed by atoms with Crippen LogP contribution in [0.5, 0.6) is 0 Å². The molecule has 4 nitrogen and oxygen atoms in total. The predicted molar refractivity (Wildman–Crippen MR) is 124 cm³/mol. The van der Waals surface area contributed by atoms with E-state index in [4.69, 9.17) is 0 Å². The average Bonchev–Trinajstić information content (AvgIpc) is 2.78. The van der Waals surface area contributed by atoms with E-state index in [0.29, 0.717) is 27.6 Å². The number of benzene rings is 2. The first-order chi connectivity index (χ1) is 15.6.